The predicted molar refractivity (Wildman–Crippen MR) is 80.1 cm³/mol. The Morgan fingerprint density at radius 2 is 1.83 bits per heavy atom. The standard InChI is InChI=1S/C13H16BFN2O6/c1-12(2)13(3,4)23-14(22-12)6-5-7(17(20)21)10(16)8(9(6)15)11(18)19/h5H,16H2,1-4H3,(H,18,19). The van der Waals surface area contributed by atoms with Crippen molar-refractivity contribution in [1.82, 2.24) is 0 Å². The summed E-state index contributed by atoms with van der Waals surface area (Å²) in [6.45, 7) is 6.87. The lowest BCUT2D eigenvalue weighted by molar-refractivity contribution is -0.383. The molecule has 0 spiro atoms. The Kier molecular flexibility index (Phi) is 3.86. The SMILES string of the molecule is CC1(C)OB(c2cc([N+](=O)[O-])c(N)c(C(=O)O)c2F)OC1(C)C. The molecule has 124 valence electrons. The molecule has 1 aromatic rings. The Hall–Kier alpha value is -2.20. The maximum absolute atomic E-state index is 14.5. The molecule has 0 aliphatic carbocycles. The van der Waals surface area contributed by atoms with Gasteiger partial charge in [0, 0.05) is 11.5 Å². The van der Waals surface area contributed by atoms with Crippen molar-refractivity contribution in [1.29, 1.82) is 0 Å². The van der Waals surface area contributed by atoms with Gasteiger partial charge in [-0.3, -0.25) is 10.1 Å². The highest BCUT2D eigenvalue weighted by molar-refractivity contribution is 6.62. The molecule has 1 aliphatic rings. The van der Waals surface area contributed by atoms with Crippen molar-refractivity contribution in [2.45, 2.75) is 38.9 Å². The van der Waals surface area contributed by atoms with E-state index in [1.54, 1.807) is 27.7 Å². The summed E-state index contributed by atoms with van der Waals surface area (Å²) in [5.41, 5.74) is 0.979. The number of benzene rings is 1. The van der Waals surface area contributed by atoms with Gasteiger partial charge >= 0.3 is 13.1 Å². The zero-order valence-electron chi connectivity index (χ0n) is 13.0. The number of hydrogen-bond acceptors (Lipinski definition) is 6. The number of rotatable bonds is 3. The Labute approximate surface area is 131 Å². The topological polar surface area (TPSA) is 125 Å². The minimum atomic E-state index is -1.71. The molecule has 23 heavy (non-hydrogen) atoms. The molecule has 0 amide bonds. The van der Waals surface area contributed by atoms with Gasteiger partial charge < -0.3 is 20.1 Å². The third kappa shape index (κ3) is 2.64. The van der Waals surface area contributed by atoms with E-state index in [0.29, 0.717) is 0 Å². The first kappa shape index (κ1) is 17.2. The number of anilines is 1. The molecule has 0 atom stereocenters. The summed E-state index contributed by atoms with van der Waals surface area (Å²) in [7, 11) is -1.28. The number of carboxylic acids is 1. The number of nitrogen functional groups attached to an aromatic ring is 1. The highest BCUT2D eigenvalue weighted by Crippen LogP contribution is 2.37. The van der Waals surface area contributed by atoms with Crippen molar-refractivity contribution in [3.8, 4) is 0 Å². The van der Waals surface area contributed by atoms with Gasteiger partial charge in [-0.15, -0.1) is 0 Å². The van der Waals surface area contributed by atoms with Gasteiger partial charge in [0.15, 0.2) is 0 Å². The summed E-state index contributed by atoms with van der Waals surface area (Å²) in [5, 5.41) is 20.2. The fourth-order valence-corrected chi connectivity index (χ4v) is 2.18. The lowest BCUT2D eigenvalue weighted by Gasteiger charge is -2.32. The maximum atomic E-state index is 14.5. The molecule has 0 bridgehead atoms. The smallest absolute Gasteiger partial charge is 0.478 e. The Morgan fingerprint density at radius 1 is 1.35 bits per heavy atom. The number of carboxylic acid groups (broad SMARTS) is 1. The first-order valence-electron chi connectivity index (χ1n) is 6.74. The number of halogens is 1. The van der Waals surface area contributed by atoms with Crippen LogP contribution < -0.4 is 11.2 Å². The van der Waals surface area contributed by atoms with Gasteiger partial charge in [-0.05, 0) is 27.7 Å². The summed E-state index contributed by atoms with van der Waals surface area (Å²) in [6, 6.07) is 0.846. The molecule has 1 aliphatic heterocycles. The predicted octanol–water partition coefficient (Wildman–Crippen LogP) is 1.31. The average molecular weight is 326 g/mol. The van der Waals surface area contributed by atoms with Crippen LogP contribution in [0.1, 0.15) is 38.1 Å². The zero-order valence-corrected chi connectivity index (χ0v) is 13.0. The molecule has 1 aromatic carbocycles. The molecule has 10 heteroatoms. The second kappa shape index (κ2) is 5.17. The van der Waals surface area contributed by atoms with Crippen molar-refractivity contribution in [3.05, 3.63) is 27.6 Å². The molecular formula is C13H16BFN2O6. The third-order valence-electron chi connectivity index (χ3n) is 4.23. The van der Waals surface area contributed by atoms with Crippen LogP contribution in [0.25, 0.3) is 0 Å². The van der Waals surface area contributed by atoms with E-state index < -0.39 is 52.0 Å². The van der Waals surface area contributed by atoms with Crippen LogP contribution in [-0.4, -0.2) is 34.3 Å². The van der Waals surface area contributed by atoms with Crippen molar-refractivity contribution < 1.29 is 28.5 Å². The van der Waals surface area contributed by atoms with E-state index in [2.05, 4.69) is 0 Å². The quantitative estimate of drug-likeness (QED) is 0.371. The molecule has 1 fully saturated rings. The van der Waals surface area contributed by atoms with Crippen LogP contribution in [0.15, 0.2) is 6.07 Å². The number of nitro groups is 1. The normalized spacial score (nSPS) is 18.9. The van der Waals surface area contributed by atoms with Gasteiger partial charge in [0.1, 0.15) is 17.1 Å². The van der Waals surface area contributed by atoms with E-state index in [1.165, 1.54) is 0 Å². The van der Waals surface area contributed by atoms with Crippen LogP contribution in [0.3, 0.4) is 0 Å². The van der Waals surface area contributed by atoms with Crippen molar-refractivity contribution >= 4 is 29.9 Å². The largest absolute Gasteiger partial charge is 0.498 e. The van der Waals surface area contributed by atoms with Crippen molar-refractivity contribution in [2.24, 2.45) is 0 Å². The van der Waals surface area contributed by atoms with E-state index in [1.807, 2.05) is 0 Å². The van der Waals surface area contributed by atoms with Crippen LogP contribution in [-0.2, 0) is 9.31 Å². The average Bonchev–Trinajstić information content (AvgIpc) is 2.57. The second-order valence-electron chi connectivity index (χ2n) is 6.24. The van der Waals surface area contributed by atoms with Gasteiger partial charge in [-0.25, -0.2) is 9.18 Å². The van der Waals surface area contributed by atoms with Gasteiger partial charge in [-0.1, -0.05) is 0 Å². The van der Waals surface area contributed by atoms with Crippen LogP contribution in [0, 0.1) is 15.9 Å². The minimum absolute atomic E-state index is 0.373. The fourth-order valence-electron chi connectivity index (χ4n) is 2.18. The number of nitrogens with zero attached hydrogens (tertiary/aromatic N) is 1. The number of nitrogens with two attached hydrogens (primary N) is 1. The van der Waals surface area contributed by atoms with Crippen molar-refractivity contribution in [2.75, 3.05) is 5.73 Å². The fraction of sp³-hybridized carbons (Fsp3) is 0.462. The molecule has 2 rings (SSSR count). The van der Waals surface area contributed by atoms with Crippen LogP contribution >= 0.6 is 0 Å². The summed E-state index contributed by atoms with van der Waals surface area (Å²) in [6.07, 6.45) is 0. The Morgan fingerprint density at radius 3 is 2.22 bits per heavy atom. The highest BCUT2D eigenvalue weighted by Gasteiger charge is 2.53. The minimum Gasteiger partial charge on any atom is -0.478 e. The maximum Gasteiger partial charge on any atom is 0.498 e. The number of carbonyl (C=O) groups is 1. The zero-order chi connectivity index (χ0) is 17.7. The number of nitro benzene ring substituents is 1. The summed E-state index contributed by atoms with van der Waals surface area (Å²) >= 11 is 0. The molecule has 0 unspecified atom stereocenters. The molecule has 1 heterocycles. The van der Waals surface area contributed by atoms with Gasteiger partial charge in [0.25, 0.3) is 5.69 Å². The molecule has 3 N–H and O–H groups in total. The van der Waals surface area contributed by atoms with E-state index in [0.717, 1.165) is 6.07 Å². The summed E-state index contributed by atoms with van der Waals surface area (Å²) < 4.78 is 25.8. The van der Waals surface area contributed by atoms with Crippen LogP contribution in [0.2, 0.25) is 0 Å². The second-order valence-corrected chi connectivity index (χ2v) is 6.24. The lowest BCUT2D eigenvalue weighted by Crippen LogP contribution is -2.41. The molecule has 8 nitrogen and oxygen atoms in total. The lowest BCUT2D eigenvalue weighted by atomic mass is 9.77. The monoisotopic (exact) mass is 326 g/mol. The van der Waals surface area contributed by atoms with E-state index >= 15 is 0 Å². The number of aromatic carboxylic acids is 1. The molecule has 0 aromatic heterocycles. The number of hydrogen-bond donors (Lipinski definition) is 2. The van der Waals surface area contributed by atoms with E-state index in [4.69, 9.17) is 20.1 Å². The Bertz CT molecular complexity index is 690. The van der Waals surface area contributed by atoms with Crippen molar-refractivity contribution in [3.63, 3.8) is 0 Å². The molecular weight excluding hydrogens is 310 g/mol. The van der Waals surface area contributed by atoms with E-state index in [9.17, 15) is 19.3 Å². The summed E-state index contributed by atoms with van der Waals surface area (Å²) in [4.78, 5) is 21.4. The third-order valence-corrected chi connectivity index (χ3v) is 4.23. The molecule has 1 saturated heterocycles. The van der Waals surface area contributed by atoms with Gasteiger partial charge in [0.2, 0.25) is 0 Å². The molecule has 0 radical (unpaired) electrons. The first-order valence-corrected chi connectivity index (χ1v) is 6.74. The summed E-state index contributed by atoms with van der Waals surface area (Å²) in [5.74, 6) is -2.92. The van der Waals surface area contributed by atoms with Gasteiger partial charge in [-0.2, -0.15) is 0 Å². The van der Waals surface area contributed by atoms with Crippen LogP contribution in [0.4, 0.5) is 15.8 Å². The highest BCUT2D eigenvalue weighted by atomic mass is 19.1. The van der Waals surface area contributed by atoms with E-state index in [-0.39, 0.29) is 5.46 Å². The van der Waals surface area contributed by atoms with Crippen LogP contribution in [0.5, 0.6) is 0 Å². The first-order chi connectivity index (χ1) is 10.4. The molecule has 0 saturated carbocycles. The van der Waals surface area contributed by atoms with Gasteiger partial charge in [0.05, 0.1) is 16.1 Å². The Balaban J connectivity index is 2.65.